The summed E-state index contributed by atoms with van der Waals surface area (Å²) in [7, 11) is 1.86. The normalized spacial score (nSPS) is 21.1. The molecule has 11 nitrogen and oxygen atoms in total. The molecule has 0 radical (unpaired) electrons. The van der Waals surface area contributed by atoms with Crippen molar-refractivity contribution in [2.75, 3.05) is 38.5 Å². The van der Waals surface area contributed by atoms with Gasteiger partial charge in [-0.2, -0.15) is 0 Å². The van der Waals surface area contributed by atoms with E-state index in [1.165, 1.54) is 6.07 Å². The van der Waals surface area contributed by atoms with Crippen LogP contribution in [0.1, 0.15) is 59.1 Å². The number of nitrogens with one attached hydrogen (secondary N) is 2. The molecule has 4 aromatic rings. The molecule has 2 fully saturated rings. The summed E-state index contributed by atoms with van der Waals surface area (Å²) in [6, 6.07) is 13.7. The first-order valence-electron chi connectivity index (χ1n) is 17.6. The molecule has 6 rings (SSSR count). The van der Waals surface area contributed by atoms with Crippen LogP contribution in [0, 0.1) is 11.7 Å². The maximum Gasteiger partial charge on any atom is 0.410 e. The molecule has 2 aromatic heterocycles. The first-order valence-corrected chi connectivity index (χ1v) is 17.9. The summed E-state index contributed by atoms with van der Waals surface area (Å²) in [5, 5.41) is 8.30. The standard InChI is InChI=1S/C38H48ClFN6O5/c1-37(2,3)51-36(47)45(18-14-24-8-13-31(29(40)20-24)48-27-11-9-26(39)10-12-27)17-7-16-42-22-25-21-30(33-32(25)49-38(4,5)50-33)46-19-15-28-34(41-6)43-23-44-35(28)46/h8-13,15,19-20,23,25,30,32-33,42H,7,14,16-18,21-22H2,1-6H3,(H,41,43,44)/t25-,30-,32-,33+/m1/s1. The molecule has 1 amide bonds. The Morgan fingerprint density at radius 1 is 1.10 bits per heavy atom. The van der Waals surface area contributed by atoms with Gasteiger partial charge in [0.25, 0.3) is 0 Å². The van der Waals surface area contributed by atoms with Gasteiger partial charge in [0.05, 0.1) is 17.5 Å². The third kappa shape index (κ3) is 8.92. The van der Waals surface area contributed by atoms with E-state index < -0.39 is 23.3 Å². The molecule has 2 aromatic carbocycles. The number of hydrogen-bond donors (Lipinski definition) is 2. The zero-order valence-electron chi connectivity index (χ0n) is 30.1. The number of hydrogen-bond acceptors (Lipinski definition) is 9. The number of aromatic nitrogens is 3. The van der Waals surface area contributed by atoms with Gasteiger partial charge in [-0.3, -0.25) is 0 Å². The Kier molecular flexibility index (Phi) is 11.1. The lowest BCUT2D eigenvalue weighted by molar-refractivity contribution is -0.160. The molecule has 1 aliphatic carbocycles. The van der Waals surface area contributed by atoms with Gasteiger partial charge in [0.15, 0.2) is 17.4 Å². The van der Waals surface area contributed by atoms with Crippen LogP contribution < -0.4 is 15.4 Å². The molecule has 2 N–H and O–H groups in total. The van der Waals surface area contributed by atoms with Crippen molar-refractivity contribution in [2.24, 2.45) is 5.92 Å². The lowest BCUT2D eigenvalue weighted by Crippen LogP contribution is -2.39. The Morgan fingerprint density at radius 2 is 1.86 bits per heavy atom. The SMILES string of the molecule is CNc1ncnc2c1ccn2[C@@H]1C[C@H](CNCCCN(CCc2ccc(Oc3ccc(Cl)cc3)c(F)c2)C(=O)OC(C)(C)C)[C@H]2OC(C)(C)O[C@H]21. The summed E-state index contributed by atoms with van der Waals surface area (Å²) in [6.45, 7) is 11.8. The van der Waals surface area contributed by atoms with E-state index in [2.05, 4.69) is 31.4 Å². The second-order valence-corrected chi connectivity index (χ2v) is 15.1. The number of carbonyl (C=O) groups excluding carboxylic acids is 1. The molecular formula is C38H48ClFN6O5. The average molecular weight is 723 g/mol. The van der Waals surface area contributed by atoms with Gasteiger partial charge in [0.1, 0.15) is 35.2 Å². The van der Waals surface area contributed by atoms with E-state index >= 15 is 0 Å². The van der Waals surface area contributed by atoms with Gasteiger partial charge in [-0.15, -0.1) is 0 Å². The molecule has 1 aliphatic heterocycles. The van der Waals surface area contributed by atoms with E-state index in [1.54, 1.807) is 41.6 Å². The van der Waals surface area contributed by atoms with Crippen molar-refractivity contribution in [1.29, 1.82) is 0 Å². The maximum absolute atomic E-state index is 15.0. The van der Waals surface area contributed by atoms with E-state index in [4.69, 9.17) is 30.5 Å². The van der Waals surface area contributed by atoms with Crippen LogP contribution in [0.5, 0.6) is 11.5 Å². The molecule has 4 atom stereocenters. The highest BCUT2D eigenvalue weighted by Gasteiger charge is 2.54. The Balaban J connectivity index is 1.04. The molecule has 1 saturated carbocycles. The third-order valence-corrected chi connectivity index (χ3v) is 9.45. The van der Waals surface area contributed by atoms with Crippen LogP contribution in [0.2, 0.25) is 5.02 Å². The highest BCUT2D eigenvalue weighted by Crippen LogP contribution is 2.47. The molecule has 51 heavy (non-hydrogen) atoms. The van der Waals surface area contributed by atoms with Crippen molar-refractivity contribution in [3.63, 3.8) is 0 Å². The summed E-state index contributed by atoms with van der Waals surface area (Å²) >= 11 is 5.94. The van der Waals surface area contributed by atoms with Crippen molar-refractivity contribution in [1.82, 2.24) is 24.8 Å². The van der Waals surface area contributed by atoms with Crippen molar-refractivity contribution >= 4 is 34.5 Å². The Bertz CT molecular complexity index is 1810. The van der Waals surface area contributed by atoms with Crippen molar-refractivity contribution in [3.8, 4) is 11.5 Å². The van der Waals surface area contributed by atoms with E-state index in [-0.39, 0.29) is 29.9 Å². The first-order chi connectivity index (χ1) is 24.3. The van der Waals surface area contributed by atoms with Gasteiger partial charge in [-0.25, -0.2) is 19.2 Å². The molecule has 3 heterocycles. The van der Waals surface area contributed by atoms with Crippen LogP contribution in [0.15, 0.2) is 61.1 Å². The van der Waals surface area contributed by atoms with Gasteiger partial charge in [0, 0.05) is 43.8 Å². The molecule has 0 bridgehead atoms. The van der Waals surface area contributed by atoms with Gasteiger partial charge in [0.2, 0.25) is 0 Å². The molecule has 0 unspecified atom stereocenters. The van der Waals surface area contributed by atoms with Gasteiger partial charge >= 0.3 is 6.09 Å². The maximum atomic E-state index is 15.0. The zero-order chi connectivity index (χ0) is 36.3. The Morgan fingerprint density at radius 3 is 2.59 bits per heavy atom. The number of rotatable bonds is 13. The largest absolute Gasteiger partial charge is 0.454 e. The monoisotopic (exact) mass is 722 g/mol. The quantitative estimate of drug-likeness (QED) is 0.135. The summed E-state index contributed by atoms with van der Waals surface area (Å²) in [4.78, 5) is 23.9. The van der Waals surface area contributed by atoms with Crippen LogP contribution in [0.3, 0.4) is 0 Å². The van der Waals surface area contributed by atoms with Crippen LogP contribution in [-0.4, -0.2) is 82.4 Å². The molecule has 2 aliphatic rings. The van der Waals surface area contributed by atoms with Crippen LogP contribution >= 0.6 is 11.6 Å². The number of fused-ring (bicyclic) bond motifs is 2. The highest BCUT2D eigenvalue weighted by molar-refractivity contribution is 6.30. The van der Waals surface area contributed by atoms with Gasteiger partial charge in [-0.05, 0) is 108 Å². The minimum atomic E-state index is -0.679. The summed E-state index contributed by atoms with van der Waals surface area (Å²) in [6.07, 6.45) is 5.11. The number of benzene rings is 2. The summed E-state index contributed by atoms with van der Waals surface area (Å²) in [5.41, 5.74) is 0.977. The molecular weight excluding hydrogens is 675 g/mol. The third-order valence-electron chi connectivity index (χ3n) is 9.20. The molecule has 274 valence electrons. The fourth-order valence-corrected chi connectivity index (χ4v) is 7.07. The predicted molar refractivity (Wildman–Crippen MR) is 195 cm³/mol. The molecule has 1 saturated heterocycles. The fraction of sp³-hybridized carbons (Fsp3) is 0.500. The van der Waals surface area contributed by atoms with E-state index in [0.29, 0.717) is 43.2 Å². The van der Waals surface area contributed by atoms with Crippen molar-refractivity contribution < 1.29 is 28.1 Å². The van der Waals surface area contributed by atoms with Crippen LogP contribution in [-0.2, 0) is 20.6 Å². The van der Waals surface area contributed by atoms with Crippen LogP contribution in [0.4, 0.5) is 15.0 Å². The lowest BCUT2D eigenvalue weighted by Gasteiger charge is -2.28. The smallest absolute Gasteiger partial charge is 0.410 e. The first kappa shape index (κ1) is 36.8. The second kappa shape index (κ2) is 15.3. The average Bonchev–Trinajstić information content (AvgIpc) is 3.74. The fourth-order valence-electron chi connectivity index (χ4n) is 6.95. The van der Waals surface area contributed by atoms with Crippen molar-refractivity contribution in [3.05, 3.63) is 77.5 Å². The number of ether oxygens (including phenoxy) is 4. The summed E-state index contributed by atoms with van der Waals surface area (Å²) < 4.78 is 41.5. The summed E-state index contributed by atoms with van der Waals surface area (Å²) in [5.74, 6) is 0.458. The number of carbonyl (C=O) groups is 1. The number of amides is 1. The number of nitrogens with zero attached hydrogens (tertiary/aromatic N) is 4. The second-order valence-electron chi connectivity index (χ2n) is 14.7. The Hall–Kier alpha value is -3.97. The Labute approximate surface area is 303 Å². The van der Waals surface area contributed by atoms with Crippen LogP contribution in [0.25, 0.3) is 11.0 Å². The van der Waals surface area contributed by atoms with E-state index in [0.717, 1.165) is 35.4 Å². The van der Waals surface area contributed by atoms with E-state index in [1.807, 2.05) is 53.8 Å². The topological polar surface area (TPSA) is 112 Å². The molecule has 0 spiro atoms. The minimum Gasteiger partial charge on any atom is -0.454 e. The van der Waals surface area contributed by atoms with E-state index in [9.17, 15) is 9.18 Å². The van der Waals surface area contributed by atoms with Gasteiger partial charge in [-0.1, -0.05) is 17.7 Å². The number of halogens is 2. The van der Waals surface area contributed by atoms with Crippen molar-refractivity contribution in [2.45, 2.75) is 83.5 Å². The highest BCUT2D eigenvalue weighted by atomic mass is 35.5. The van der Waals surface area contributed by atoms with Gasteiger partial charge < -0.3 is 39.0 Å². The lowest BCUT2D eigenvalue weighted by atomic mass is 10.1. The minimum absolute atomic E-state index is 0.0613. The number of anilines is 1. The molecule has 13 heteroatoms. The predicted octanol–water partition coefficient (Wildman–Crippen LogP) is 7.60. The zero-order valence-corrected chi connectivity index (χ0v) is 30.9.